The van der Waals surface area contributed by atoms with Crippen LogP contribution >= 0.6 is 11.2 Å². The van der Waals surface area contributed by atoms with Crippen LogP contribution in [-0.4, -0.2) is 70.2 Å². The minimum absolute atomic E-state index is 0.0529. The number of carbonyl (C=O) groups is 3. The molecular weight excluding hydrogens is 600 g/mol. The molecule has 43 heavy (non-hydrogen) atoms. The number of hydrogen-bond donors (Lipinski definition) is 0. The number of benzene rings is 2. The van der Waals surface area contributed by atoms with E-state index in [1.54, 1.807) is 11.2 Å². The summed E-state index contributed by atoms with van der Waals surface area (Å²) in [6, 6.07) is 9.63. The van der Waals surface area contributed by atoms with E-state index in [0.717, 1.165) is 10.0 Å². The van der Waals surface area contributed by atoms with E-state index in [9.17, 15) is 34.6 Å². The summed E-state index contributed by atoms with van der Waals surface area (Å²) < 4.78 is 16.0. The van der Waals surface area contributed by atoms with Crippen LogP contribution in [0.3, 0.4) is 0 Å². The highest BCUT2D eigenvalue weighted by molar-refractivity contribution is 8.29. The fourth-order valence-electron chi connectivity index (χ4n) is 3.93. The molecule has 14 nitrogen and oxygen atoms in total. The third-order valence-corrected chi connectivity index (χ3v) is 16.8. The number of nitro benzene ring substituents is 2. The zero-order chi connectivity index (χ0) is 32.1. The Labute approximate surface area is 253 Å². The second-order valence-electron chi connectivity index (χ2n) is 11.3. The second kappa shape index (κ2) is 13.4. The van der Waals surface area contributed by atoms with Gasteiger partial charge in [-0.25, -0.2) is 19.4 Å². The fraction of sp³-hybridized carbons (Fsp3) is 0.444. The van der Waals surface area contributed by atoms with Crippen LogP contribution < -0.4 is 0 Å². The van der Waals surface area contributed by atoms with Crippen LogP contribution in [0.25, 0.3) is 0 Å². The zero-order valence-corrected chi connectivity index (χ0v) is 26.5. The Morgan fingerprint density at radius 2 is 1.33 bits per heavy atom. The molecule has 2 aromatic carbocycles. The van der Waals surface area contributed by atoms with Crippen LogP contribution in [0, 0.1) is 20.2 Å². The van der Waals surface area contributed by atoms with Gasteiger partial charge in [-0.1, -0.05) is 33.9 Å². The molecule has 3 rings (SSSR count). The van der Waals surface area contributed by atoms with Crippen LogP contribution in [0.15, 0.2) is 48.5 Å². The van der Waals surface area contributed by atoms with Gasteiger partial charge in [0.05, 0.1) is 28.8 Å². The summed E-state index contributed by atoms with van der Waals surface area (Å²) in [6.45, 7) is 9.98. The van der Waals surface area contributed by atoms with Crippen LogP contribution in [0.2, 0.25) is 18.1 Å². The van der Waals surface area contributed by atoms with Gasteiger partial charge in [-0.2, -0.15) is 16.2 Å². The molecule has 2 atom stereocenters. The first-order chi connectivity index (χ1) is 20.1. The van der Waals surface area contributed by atoms with Crippen molar-refractivity contribution in [3.05, 3.63) is 79.9 Å². The van der Waals surface area contributed by atoms with Crippen molar-refractivity contribution in [3.8, 4) is 0 Å². The Morgan fingerprint density at radius 3 is 1.72 bits per heavy atom. The Hall–Kier alpha value is -4.18. The number of hydrogen-bond acceptors (Lipinski definition) is 11. The lowest BCUT2D eigenvalue weighted by atomic mass is 10.2. The van der Waals surface area contributed by atoms with E-state index in [0.29, 0.717) is 11.1 Å². The van der Waals surface area contributed by atoms with Crippen molar-refractivity contribution in [1.82, 2.24) is 10.0 Å². The number of non-ortho nitro benzene ring substituents is 2. The normalized spacial score (nSPS) is 16.9. The number of ether oxygens (including phenoxy) is 3. The molecule has 2 aromatic rings. The number of nitrogens with zero attached hydrogens (tertiary/aromatic N) is 4. The summed E-state index contributed by atoms with van der Waals surface area (Å²) in [5.74, 6) is -0.742. The van der Waals surface area contributed by atoms with Gasteiger partial charge in [-0.05, 0) is 40.4 Å². The van der Waals surface area contributed by atoms with Gasteiger partial charge in [0.1, 0.15) is 20.4 Å². The molecule has 0 aliphatic carbocycles. The van der Waals surface area contributed by atoms with E-state index in [4.69, 9.17) is 14.2 Å². The van der Waals surface area contributed by atoms with E-state index < -0.39 is 46.5 Å². The Kier molecular flexibility index (Phi) is 10.4. The van der Waals surface area contributed by atoms with Crippen LogP contribution in [0.1, 0.15) is 31.9 Å². The first-order valence-electron chi connectivity index (χ1n) is 13.2. The van der Waals surface area contributed by atoms with Gasteiger partial charge >= 0.3 is 18.2 Å². The van der Waals surface area contributed by atoms with Crippen molar-refractivity contribution in [3.63, 3.8) is 0 Å². The van der Waals surface area contributed by atoms with E-state index in [-0.39, 0.29) is 36.2 Å². The summed E-state index contributed by atoms with van der Waals surface area (Å²) in [7, 11) is -0.943. The van der Waals surface area contributed by atoms with Crippen molar-refractivity contribution in [1.29, 1.82) is 0 Å². The molecule has 0 radical (unpaired) electrons. The molecule has 1 heterocycles. The molecule has 2 amide bonds. The van der Waals surface area contributed by atoms with Crippen molar-refractivity contribution in [2.75, 3.05) is 13.7 Å². The van der Waals surface area contributed by atoms with E-state index >= 15 is 0 Å². The summed E-state index contributed by atoms with van der Waals surface area (Å²) in [6.07, 6.45) is -1.95. The van der Waals surface area contributed by atoms with E-state index in [1.165, 1.54) is 55.6 Å². The maximum atomic E-state index is 13.5. The van der Waals surface area contributed by atoms with Gasteiger partial charge in [-0.15, -0.1) is 0 Å². The average molecular weight is 635 g/mol. The lowest BCUT2D eigenvalue weighted by Crippen LogP contribution is -2.52. The monoisotopic (exact) mass is 634 g/mol. The number of hydrazine groups is 1. The van der Waals surface area contributed by atoms with Gasteiger partial charge < -0.3 is 14.2 Å². The molecule has 1 aliphatic rings. The highest BCUT2D eigenvalue weighted by atomic mass is 32.4. The number of esters is 1. The zero-order valence-electron chi connectivity index (χ0n) is 24.7. The quantitative estimate of drug-likeness (QED) is 0.110. The average Bonchev–Trinajstić information content (AvgIpc) is 3.32. The van der Waals surface area contributed by atoms with Gasteiger partial charge in [0.15, 0.2) is 6.04 Å². The molecule has 1 saturated heterocycles. The first kappa shape index (κ1) is 33.3. The second-order valence-corrected chi connectivity index (χ2v) is 20.4. The van der Waals surface area contributed by atoms with Crippen molar-refractivity contribution in [2.24, 2.45) is 0 Å². The van der Waals surface area contributed by atoms with Gasteiger partial charge in [-0.3, -0.25) is 20.2 Å². The summed E-state index contributed by atoms with van der Waals surface area (Å²) >= 11 is 1.56. The fourth-order valence-corrected chi connectivity index (χ4v) is 9.55. The molecule has 232 valence electrons. The maximum absolute atomic E-state index is 13.5. The molecule has 1 fully saturated rings. The minimum Gasteiger partial charge on any atom is -0.467 e. The van der Waals surface area contributed by atoms with Crippen LogP contribution in [0.5, 0.6) is 0 Å². The highest BCUT2D eigenvalue weighted by Gasteiger charge is 2.54. The van der Waals surface area contributed by atoms with Gasteiger partial charge in [0.2, 0.25) is 0 Å². The molecule has 0 spiro atoms. The molecule has 16 heteroatoms. The minimum atomic E-state index is -2.13. The molecule has 0 saturated carbocycles. The standard InChI is InChI=1S/C27H34N4O10SSi/c1-27(2,3)43(5,6)42-22-15-28(25(33)40-16-18-7-11-20(12-8-18)30(35)36)29(23(22)24(32)39-4)26(34)41-17-19-9-13-21(14-10-19)31(37)38/h7-14,22-23H,15-17H2,1-6H3. The number of methoxy groups -OCH3 is 1. The summed E-state index contributed by atoms with van der Waals surface area (Å²) in [5, 5.41) is 23.1. The molecular formula is C27H34N4O10SSi. The maximum Gasteiger partial charge on any atom is 0.430 e. The van der Waals surface area contributed by atoms with Crippen molar-refractivity contribution in [2.45, 2.75) is 63.4 Å². The predicted octanol–water partition coefficient (Wildman–Crippen LogP) is 5.66. The van der Waals surface area contributed by atoms with Gasteiger partial charge in [0.25, 0.3) is 11.4 Å². The first-order valence-corrected chi connectivity index (χ1v) is 17.8. The molecule has 0 bridgehead atoms. The predicted molar refractivity (Wildman–Crippen MR) is 159 cm³/mol. The third-order valence-electron chi connectivity index (χ3n) is 7.34. The molecule has 2 unspecified atom stereocenters. The van der Waals surface area contributed by atoms with Crippen LogP contribution in [0.4, 0.5) is 21.0 Å². The van der Waals surface area contributed by atoms with E-state index in [1.807, 2.05) is 0 Å². The lowest BCUT2D eigenvalue weighted by Gasteiger charge is -2.38. The van der Waals surface area contributed by atoms with Gasteiger partial charge in [0, 0.05) is 24.3 Å². The number of rotatable bonds is 9. The Bertz CT molecular complexity index is 1370. The SMILES string of the molecule is COC(=O)C1C(S[Si](C)(C)C(C)(C)C)CN(C(=O)OCc2ccc([N+](=O)[O-])cc2)N1C(=O)OCc1ccc([N+](=O)[O-])cc1. The Morgan fingerprint density at radius 1 is 0.884 bits per heavy atom. The number of carbonyl (C=O) groups excluding carboxylic acids is 3. The molecule has 0 N–H and O–H groups in total. The molecule has 1 aliphatic heterocycles. The Balaban J connectivity index is 1.88. The summed E-state index contributed by atoms with van der Waals surface area (Å²) in [4.78, 5) is 60.8. The number of nitro groups is 2. The molecule has 0 aromatic heterocycles. The topological polar surface area (TPSA) is 172 Å². The smallest absolute Gasteiger partial charge is 0.430 e. The van der Waals surface area contributed by atoms with Crippen molar-refractivity contribution >= 4 is 48.0 Å². The summed E-state index contributed by atoms with van der Waals surface area (Å²) in [5.41, 5.74) is 0.671. The lowest BCUT2D eigenvalue weighted by molar-refractivity contribution is -0.385. The van der Waals surface area contributed by atoms with Crippen molar-refractivity contribution < 1.29 is 38.4 Å². The van der Waals surface area contributed by atoms with E-state index in [2.05, 4.69) is 33.9 Å². The van der Waals surface area contributed by atoms with Crippen LogP contribution in [-0.2, 0) is 32.2 Å². The highest BCUT2D eigenvalue weighted by Crippen LogP contribution is 2.47. The third kappa shape index (κ3) is 8.01. The largest absolute Gasteiger partial charge is 0.467 e. The number of amides is 2.